The molecule has 2 rings (SSSR count). The van der Waals surface area contributed by atoms with Gasteiger partial charge in [0.05, 0.1) is 0 Å². The van der Waals surface area contributed by atoms with Crippen LogP contribution in [0.4, 0.5) is 0 Å². The van der Waals surface area contributed by atoms with Gasteiger partial charge in [0.1, 0.15) is 18.5 Å². The highest BCUT2D eigenvalue weighted by Crippen LogP contribution is 2.30. The molecule has 0 amide bonds. The lowest BCUT2D eigenvalue weighted by atomic mass is 9.86. The van der Waals surface area contributed by atoms with E-state index in [2.05, 4.69) is 43.6 Å². The number of hydrogen-bond acceptors (Lipinski definition) is 4. The van der Waals surface area contributed by atoms with Gasteiger partial charge in [-0.1, -0.05) is 45.9 Å². The maximum Gasteiger partial charge on any atom is 0.123 e. The highest BCUT2D eigenvalue weighted by atomic mass is 35.5. The Hall–Kier alpha value is -0.520. The summed E-state index contributed by atoms with van der Waals surface area (Å²) in [5.41, 5.74) is 1.22. The maximum absolute atomic E-state index is 10.3. The van der Waals surface area contributed by atoms with E-state index in [1.54, 1.807) is 0 Å². The van der Waals surface area contributed by atoms with Crippen LogP contribution in [0.2, 0.25) is 0 Å². The number of para-hydroxylation sites is 1. The number of rotatable bonds is 6. The Morgan fingerprint density at radius 3 is 2.16 bits per heavy atom. The summed E-state index contributed by atoms with van der Waals surface area (Å²) < 4.78 is 5.92. The van der Waals surface area contributed by atoms with Gasteiger partial charge in [-0.05, 0) is 23.6 Å². The molecule has 1 aliphatic rings. The molecular weight excluding hydrogens is 359 g/mol. The first kappa shape index (κ1) is 24.5. The highest BCUT2D eigenvalue weighted by Gasteiger charge is 2.21. The molecule has 1 heterocycles. The first-order chi connectivity index (χ1) is 10.9. The Balaban J connectivity index is 0.00000288. The molecule has 1 N–H and O–H groups in total. The summed E-state index contributed by atoms with van der Waals surface area (Å²) in [6, 6.07) is 8.12. The van der Waals surface area contributed by atoms with Gasteiger partial charge in [0.15, 0.2) is 0 Å². The third-order valence-corrected chi connectivity index (χ3v) is 4.51. The lowest BCUT2D eigenvalue weighted by Gasteiger charge is -2.35. The average molecular weight is 393 g/mol. The normalized spacial score (nSPS) is 17.3. The summed E-state index contributed by atoms with van der Waals surface area (Å²) in [4.78, 5) is 4.77. The number of β-amino-alcohol motifs (C(OH)–C–C–N with tert-alkyl or cyclic N) is 1. The summed E-state index contributed by atoms with van der Waals surface area (Å²) >= 11 is 0. The van der Waals surface area contributed by atoms with Crippen molar-refractivity contribution in [3.63, 3.8) is 0 Å². The molecule has 4 nitrogen and oxygen atoms in total. The van der Waals surface area contributed by atoms with Crippen LogP contribution in [0, 0.1) is 0 Å². The van der Waals surface area contributed by atoms with Crippen molar-refractivity contribution in [1.29, 1.82) is 0 Å². The zero-order chi connectivity index (χ0) is 16.9. The SMILES string of the molecule is CCN1CCN(CC(O)COc2ccccc2C(C)(C)C)CC1.Cl.Cl. The third kappa shape index (κ3) is 7.71. The number of piperazine rings is 1. The van der Waals surface area contributed by atoms with Crippen LogP contribution in [-0.4, -0.2) is 66.9 Å². The first-order valence-corrected chi connectivity index (χ1v) is 8.75. The second kappa shape index (κ2) is 11.2. The van der Waals surface area contributed by atoms with Crippen molar-refractivity contribution < 1.29 is 9.84 Å². The molecule has 1 aliphatic heterocycles. The molecule has 1 unspecified atom stereocenters. The van der Waals surface area contributed by atoms with Crippen LogP contribution in [0.3, 0.4) is 0 Å². The van der Waals surface area contributed by atoms with Crippen molar-refractivity contribution in [2.45, 2.75) is 39.2 Å². The van der Waals surface area contributed by atoms with Crippen LogP contribution in [0.1, 0.15) is 33.3 Å². The number of likely N-dealkylation sites (N-methyl/N-ethyl adjacent to an activating group) is 1. The van der Waals surface area contributed by atoms with Gasteiger partial charge in [-0.2, -0.15) is 0 Å². The van der Waals surface area contributed by atoms with E-state index in [9.17, 15) is 5.11 Å². The maximum atomic E-state index is 10.3. The van der Waals surface area contributed by atoms with E-state index in [1.807, 2.05) is 18.2 Å². The van der Waals surface area contributed by atoms with E-state index in [4.69, 9.17) is 4.74 Å². The summed E-state index contributed by atoms with van der Waals surface area (Å²) in [5, 5.41) is 10.3. The van der Waals surface area contributed by atoms with Gasteiger partial charge in [0, 0.05) is 32.7 Å². The molecule has 6 heteroatoms. The van der Waals surface area contributed by atoms with Crippen molar-refractivity contribution in [2.24, 2.45) is 0 Å². The second-order valence-electron chi connectivity index (χ2n) is 7.45. The Labute approximate surface area is 165 Å². The van der Waals surface area contributed by atoms with E-state index in [-0.39, 0.29) is 30.2 Å². The third-order valence-electron chi connectivity index (χ3n) is 4.51. The number of aliphatic hydroxyl groups excluding tert-OH is 1. The molecule has 0 spiro atoms. The minimum Gasteiger partial charge on any atom is -0.491 e. The van der Waals surface area contributed by atoms with E-state index in [0.717, 1.165) is 38.5 Å². The number of halogens is 2. The Kier molecular flexibility index (Phi) is 11.0. The van der Waals surface area contributed by atoms with Crippen molar-refractivity contribution in [2.75, 3.05) is 45.9 Å². The van der Waals surface area contributed by atoms with E-state index in [0.29, 0.717) is 13.2 Å². The molecule has 146 valence electrons. The quantitative estimate of drug-likeness (QED) is 0.805. The molecule has 0 aromatic heterocycles. The van der Waals surface area contributed by atoms with Crippen molar-refractivity contribution in [1.82, 2.24) is 9.80 Å². The van der Waals surface area contributed by atoms with E-state index >= 15 is 0 Å². The van der Waals surface area contributed by atoms with Gasteiger partial charge in [0.25, 0.3) is 0 Å². The fourth-order valence-corrected chi connectivity index (χ4v) is 3.04. The minimum absolute atomic E-state index is 0. The van der Waals surface area contributed by atoms with Crippen molar-refractivity contribution in [3.05, 3.63) is 29.8 Å². The number of ether oxygens (including phenoxy) is 1. The zero-order valence-electron chi connectivity index (χ0n) is 15.9. The summed E-state index contributed by atoms with van der Waals surface area (Å²) in [6.45, 7) is 15.1. The van der Waals surface area contributed by atoms with Gasteiger partial charge in [-0.15, -0.1) is 24.8 Å². The number of benzene rings is 1. The lowest BCUT2D eigenvalue weighted by molar-refractivity contribution is 0.0466. The number of aliphatic hydroxyl groups is 1. The fourth-order valence-electron chi connectivity index (χ4n) is 3.04. The molecule has 1 aromatic rings. The van der Waals surface area contributed by atoms with Crippen molar-refractivity contribution >= 4 is 24.8 Å². The fraction of sp³-hybridized carbons (Fsp3) is 0.684. The van der Waals surface area contributed by atoms with Crippen LogP contribution < -0.4 is 4.74 Å². The Morgan fingerprint density at radius 2 is 1.60 bits per heavy atom. The van der Waals surface area contributed by atoms with Gasteiger partial charge in [-0.3, -0.25) is 4.90 Å². The molecule has 0 radical (unpaired) electrons. The topological polar surface area (TPSA) is 35.9 Å². The molecule has 1 atom stereocenters. The largest absolute Gasteiger partial charge is 0.491 e. The van der Waals surface area contributed by atoms with Gasteiger partial charge >= 0.3 is 0 Å². The zero-order valence-corrected chi connectivity index (χ0v) is 17.5. The van der Waals surface area contributed by atoms with Gasteiger partial charge in [-0.25, -0.2) is 0 Å². The highest BCUT2D eigenvalue weighted by molar-refractivity contribution is 5.85. The predicted octanol–water partition coefficient (Wildman–Crippen LogP) is 3.20. The molecule has 0 bridgehead atoms. The second-order valence-corrected chi connectivity index (χ2v) is 7.45. The van der Waals surface area contributed by atoms with Crippen molar-refractivity contribution in [3.8, 4) is 5.75 Å². The standard InChI is InChI=1S/C19H32N2O2.2ClH/c1-5-20-10-12-21(13-11-20)14-16(22)15-23-18-9-7-6-8-17(18)19(2,3)4;;/h6-9,16,22H,5,10-15H2,1-4H3;2*1H. The molecule has 1 fully saturated rings. The van der Waals surface area contributed by atoms with Crippen LogP contribution in [-0.2, 0) is 5.41 Å². The predicted molar refractivity (Wildman–Crippen MR) is 110 cm³/mol. The number of hydrogen-bond donors (Lipinski definition) is 1. The molecule has 1 aromatic carbocycles. The average Bonchev–Trinajstić information content (AvgIpc) is 2.53. The Morgan fingerprint density at radius 1 is 1.04 bits per heavy atom. The summed E-state index contributed by atoms with van der Waals surface area (Å²) in [5.74, 6) is 0.884. The number of nitrogens with zero attached hydrogens (tertiary/aromatic N) is 2. The molecule has 25 heavy (non-hydrogen) atoms. The van der Waals surface area contributed by atoms with Gasteiger partial charge < -0.3 is 14.7 Å². The monoisotopic (exact) mass is 392 g/mol. The van der Waals surface area contributed by atoms with Crippen LogP contribution >= 0.6 is 24.8 Å². The van der Waals surface area contributed by atoms with E-state index in [1.165, 1.54) is 5.56 Å². The lowest BCUT2D eigenvalue weighted by Crippen LogP contribution is -2.49. The summed E-state index contributed by atoms with van der Waals surface area (Å²) in [6.07, 6.45) is -0.448. The van der Waals surface area contributed by atoms with Crippen LogP contribution in [0.15, 0.2) is 24.3 Å². The first-order valence-electron chi connectivity index (χ1n) is 8.75. The van der Waals surface area contributed by atoms with Crippen LogP contribution in [0.5, 0.6) is 5.75 Å². The Bertz CT molecular complexity index is 487. The molecule has 0 aliphatic carbocycles. The van der Waals surface area contributed by atoms with Gasteiger partial charge in [0.2, 0.25) is 0 Å². The van der Waals surface area contributed by atoms with Crippen LogP contribution in [0.25, 0.3) is 0 Å². The smallest absolute Gasteiger partial charge is 0.123 e. The molecule has 1 saturated heterocycles. The molecular formula is C19H34Cl2N2O2. The minimum atomic E-state index is -0.448. The summed E-state index contributed by atoms with van der Waals surface area (Å²) in [7, 11) is 0. The molecule has 0 saturated carbocycles. The van der Waals surface area contributed by atoms with E-state index < -0.39 is 6.10 Å².